The van der Waals surface area contributed by atoms with Gasteiger partial charge in [0.1, 0.15) is 32.4 Å². The molecule has 10 aromatic rings. The number of anilines is 6. The Hall–Kier alpha value is -11.0. The summed E-state index contributed by atoms with van der Waals surface area (Å²) in [5.41, 5.74) is 7.39. The zero-order valence-electron chi connectivity index (χ0n) is 55.6. The molecule has 0 saturated carbocycles. The van der Waals surface area contributed by atoms with Crippen LogP contribution in [0, 0.1) is 0 Å². The topological polar surface area (TPSA) is 359 Å². The summed E-state index contributed by atoms with van der Waals surface area (Å²) in [5.74, 6) is -1.68. The van der Waals surface area contributed by atoms with E-state index in [9.17, 15) is 38.4 Å². The number of amides is 3. The minimum Gasteiger partial charge on any atom is -0.465 e. The number of hydrogen-bond donors (Lipinski definition) is 2. The summed E-state index contributed by atoms with van der Waals surface area (Å²) < 4.78 is 37.3. The first-order valence-corrected chi connectivity index (χ1v) is 31.3. The molecule has 10 rings (SSSR count). The van der Waals surface area contributed by atoms with E-state index in [4.69, 9.17) is 45.8 Å². The molecule has 4 aromatic carbocycles. The molecule has 0 bridgehead atoms. The van der Waals surface area contributed by atoms with Gasteiger partial charge in [-0.15, -0.1) is 20.4 Å². The van der Waals surface area contributed by atoms with Gasteiger partial charge in [0.05, 0.1) is 89.4 Å². The lowest BCUT2D eigenvalue weighted by molar-refractivity contribution is 0.0511. The van der Waals surface area contributed by atoms with Crippen LogP contribution in [0.4, 0.5) is 52.2 Å². The largest absolute Gasteiger partial charge is 0.465 e. The van der Waals surface area contributed by atoms with Crippen molar-refractivity contribution in [1.29, 1.82) is 0 Å². The number of methoxy groups -OCH3 is 2. The molecule has 0 aliphatic rings. The summed E-state index contributed by atoms with van der Waals surface area (Å²) in [5, 5.41) is 37.9. The van der Waals surface area contributed by atoms with Crippen LogP contribution in [0.15, 0.2) is 110 Å². The highest BCUT2D eigenvalue weighted by Crippen LogP contribution is 2.39. The molecule has 0 fully saturated rings. The molecule has 6 heterocycles. The maximum atomic E-state index is 13.6. The van der Waals surface area contributed by atoms with Crippen molar-refractivity contribution in [2.45, 2.75) is 105 Å². The number of aryl methyl sites for hydroxylation is 2. The fraction of sp³-hybridized carbons (Fsp3) is 0.312. The van der Waals surface area contributed by atoms with Gasteiger partial charge < -0.3 is 39.5 Å². The number of carbonyl (C=O) groups excluding carboxylic acids is 8. The first-order valence-electron chi connectivity index (χ1n) is 29.2. The fourth-order valence-corrected chi connectivity index (χ4v) is 10.4. The summed E-state index contributed by atoms with van der Waals surface area (Å²) >= 11 is 7.33. The van der Waals surface area contributed by atoms with Crippen molar-refractivity contribution in [1.82, 2.24) is 59.5 Å². The highest BCUT2D eigenvalue weighted by atomic mass is 35.5. The van der Waals surface area contributed by atoms with Crippen LogP contribution in [0.1, 0.15) is 125 Å². The number of halogens is 1. The number of nitrogen functional groups attached to an aromatic ring is 1. The second-order valence-electron chi connectivity index (χ2n) is 25.0. The van der Waals surface area contributed by atoms with Gasteiger partial charge in [0.15, 0.2) is 0 Å². The van der Waals surface area contributed by atoms with Crippen molar-refractivity contribution in [3.05, 3.63) is 132 Å². The average Bonchev–Trinajstić information content (AvgIpc) is 1.68. The molecule has 0 atom stereocenters. The van der Waals surface area contributed by atoms with E-state index in [1.165, 1.54) is 64.2 Å². The van der Waals surface area contributed by atoms with Crippen molar-refractivity contribution >= 4 is 137 Å². The Morgan fingerprint density at radius 3 is 1.30 bits per heavy atom. The zero-order chi connectivity index (χ0) is 71.2. The lowest BCUT2D eigenvalue weighted by Crippen LogP contribution is -2.33. The number of rotatable bonds is 11. The number of hydrogen-bond acceptors (Lipinski definition) is 25. The summed E-state index contributed by atoms with van der Waals surface area (Å²) in [7, 11) is 5.92. The van der Waals surface area contributed by atoms with E-state index in [0.717, 1.165) is 32.0 Å². The number of nitrogens with two attached hydrogens (primary N) is 1. The Balaban J connectivity index is 0.000000222. The molecule has 0 saturated heterocycles. The Morgan fingerprint density at radius 1 is 0.505 bits per heavy atom. The maximum Gasteiger partial charge on any atom is 0.435 e. The van der Waals surface area contributed by atoms with Gasteiger partial charge in [-0.3, -0.25) is 19.0 Å². The number of ether oxygens (including phenoxy) is 6. The highest BCUT2D eigenvalue weighted by molar-refractivity contribution is 7.19. The van der Waals surface area contributed by atoms with Gasteiger partial charge in [-0.1, -0.05) is 34.8 Å². The van der Waals surface area contributed by atoms with Crippen molar-refractivity contribution in [2.75, 3.05) is 35.1 Å². The van der Waals surface area contributed by atoms with E-state index in [1.54, 1.807) is 176 Å². The van der Waals surface area contributed by atoms with Crippen LogP contribution < -0.4 is 20.9 Å². The first kappa shape index (κ1) is 71.9. The first-order chi connectivity index (χ1) is 45.4. The second-order valence-corrected chi connectivity index (χ2v) is 27.3. The lowest BCUT2D eigenvalue weighted by atomic mass is 10.1. The van der Waals surface area contributed by atoms with Crippen LogP contribution in [0.25, 0.3) is 42.9 Å². The number of aromatic nitrogens is 12. The van der Waals surface area contributed by atoms with Gasteiger partial charge in [0.25, 0.3) is 11.1 Å². The van der Waals surface area contributed by atoms with Crippen molar-refractivity contribution < 1.29 is 66.8 Å². The standard InChI is InChI=1S/C32H34N8O7S.C27H30N6O6S.C5H5ClN2O/c1-31(2,3)46-29(43)39(21-10-12-24-19(13-21)15-34-40(24)30(44)47-32(4,5)6)28-37-36-26(48-28)18-9-11-22(27(42)45-8)23(14-18)35-25(41)20-16-33-38(7)17-20;1-26(2,3)38-24(35)32(17-9-11-20-16(12-17)14-29-33(20)25(36)39-27(4,5)6)23-31-30-21(40-23)15-8-10-18(19(28)13-15)22(34)37-7;1-8-3-4(2-7-8)5(6)9/h9-17H,1-8H3,(H,35,41);8-14H,28H2,1-7H3;2-3H,1H3. The number of esters is 2. The van der Waals surface area contributed by atoms with Crippen LogP contribution in [0.2, 0.25) is 0 Å². The predicted octanol–water partition coefficient (Wildman–Crippen LogP) is 12.8. The molecule has 0 aliphatic heterocycles. The van der Waals surface area contributed by atoms with E-state index in [2.05, 4.69) is 46.1 Å². The molecule has 3 N–H and O–H groups in total. The summed E-state index contributed by atoms with van der Waals surface area (Å²) in [6.07, 6.45) is 6.29. The van der Waals surface area contributed by atoms with Crippen molar-refractivity contribution in [3.8, 4) is 21.1 Å². The van der Waals surface area contributed by atoms with Crippen molar-refractivity contribution in [2.24, 2.45) is 14.1 Å². The quantitative estimate of drug-likeness (QED) is 0.0525. The SMILES string of the molecule is COC(=O)c1ccc(-c2nnc(N(C(=O)OC(C)(C)C)c3ccc4c(cnn4C(=O)OC(C)(C)C)c3)s2)cc1N.COC(=O)c1ccc(-c2nnc(N(C(=O)OC(C)(C)C)c3ccc4c(cnn4C(=O)OC(C)(C)C)c3)s2)cc1NC(=O)c1cnn(C)c1.Cn1cc(C(=O)Cl)cn1. The molecule has 3 amide bonds. The third-order valence-electron chi connectivity index (χ3n) is 12.6. The Bertz CT molecular complexity index is 4640. The van der Waals surface area contributed by atoms with Crippen LogP contribution in [-0.4, -0.2) is 144 Å². The van der Waals surface area contributed by atoms with Crippen LogP contribution in [-0.2, 0) is 42.5 Å². The monoisotopic (exact) mass is 1380 g/mol. The predicted molar refractivity (Wildman–Crippen MR) is 362 cm³/mol. The number of nitrogens with one attached hydrogen (secondary N) is 1. The third kappa shape index (κ3) is 18.3. The molecular formula is C64H69ClN16O14S2. The lowest BCUT2D eigenvalue weighted by Gasteiger charge is -2.25. The Morgan fingerprint density at radius 2 is 0.918 bits per heavy atom. The van der Waals surface area contributed by atoms with Crippen LogP contribution in [0.5, 0.6) is 0 Å². The van der Waals surface area contributed by atoms with Gasteiger partial charge in [0.2, 0.25) is 10.3 Å². The number of nitrogens with zero attached hydrogens (tertiary/aromatic N) is 14. The highest BCUT2D eigenvalue weighted by Gasteiger charge is 2.32. The number of carbonyl (C=O) groups is 8. The van der Waals surface area contributed by atoms with E-state index < -0.39 is 69.9 Å². The molecule has 0 aliphatic carbocycles. The van der Waals surface area contributed by atoms with E-state index in [0.29, 0.717) is 65.4 Å². The van der Waals surface area contributed by atoms with Crippen LogP contribution in [0.3, 0.4) is 0 Å². The minimum atomic E-state index is -0.834. The second kappa shape index (κ2) is 28.9. The Kier molecular flexibility index (Phi) is 21.4. The zero-order valence-corrected chi connectivity index (χ0v) is 58.0. The minimum absolute atomic E-state index is 0.124. The van der Waals surface area contributed by atoms with E-state index in [-0.39, 0.29) is 32.8 Å². The third-order valence-corrected chi connectivity index (χ3v) is 14.8. The van der Waals surface area contributed by atoms with Gasteiger partial charge in [-0.05, 0) is 155 Å². The molecule has 6 aromatic heterocycles. The molecule has 33 heteroatoms. The summed E-state index contributed by atoms with van der Waals surface area (Å²) in [4.78, 5) is 103. The smallest absolute Gasteiger partial charge is 0.435 e. The van der Waals surface area contributed by atoms with Crippen LogP contribution >= 0.6 is 34.3 Å². The van der Waals surface area contributed by atoms with E-state index >= 15 is 0 Å². The van der Waals surface area contributed by atoms with Gasteiger partial charge in [0, 0.05) is 54.1 Å². The van der Waals surface area contributed by atoms with E-state index in [1.807, 2.05) is 0 Å². The molecule has 508 valence electrons. The molecule has 0 unspecified atom stereocenters. The van der Waals surface area contributed by atoms with Gasteiger partial charge in [-0.2, -0.15) is 29.8 Å². The summed E-state index contributed by atoms with van der Waals surface area (Å²) in [6, 6.07) is 19.5. The molecule has 0 spiro atoms. The normalized spacial score (nSPS) is 11.5. The Labute approximate surface area is 568 Å². The van der Waals surface area contributed by atoms with Crippen molar-refractivity contribution in [3.63, 3.8) is 0 Å². The molecule has 30 nitrogen and oxygen atoms in total. The fourth-order valence-electron chi connectivity index (χ4n) is 8.58. The summed E-state index contributed by atoms with van der Waals surface area (Å²) in [6.45, 7) is 21.1. The number of fused-ring (bicyclic) bond motifs is 2. The molecule has 0 radical (unpaired) electrons. The van der Waals surface area contributed by atoms with Gasteiger partial charge >= 0.3 is 36.3 Å². The molecular weight excluding hydrogens is 1320 g/mol. The maximum absolute atomic E-state index is 13.6. The number of benzene rings is 4. The molecule has 97 heavy (non-hydrogen) atoms. The van der Waals surface area contributed by atoms with Gasteiger partial charge in [-0.25, -0.2) is 38.6 Å². The average molecular weight is 1390 g/mol.